The normalized spacial score (nSPS) is 11.0. The average Bonchev–Trinajstić information content (AvgIpc) is 2.77. The van der Waals surface area contributed by atoms with Gasteiger partial charge in [-0.2, -0.15) is 0 Å². The van der Waals surface area contributed by atoms with E-state index in [0.717, 1.165) is 16.6 Å². The predicted molar refractivity (Wildman–Crippen MR) is 85.3 cm³/mol. The Kier molecular flexibility index (Phi) is 5.15. The van der Waals surface area contributed by atoms with Gasteiger partial charge >= 0.3 is 0 Å². The molecule has 0 aliphatic rings. The maximum absolute atomic E-state index is 10.8. The van der Waals surface area contributed by atoms with E-state index in [4.69, 9.17) is 11.6 Å². The van der Waals surface area contributed by atoms with E-state index in [0.29, 0.717) is 11.6 Å². The summed E-state index contributed by atoms with van der Waals surface area (Å²) in [6.07, 6.45) is 0. The lowest BCUT2D eigenvalue weighted by atomic mass is 10.2. The number of thiophene rings is 1. The number of nitro groups is 1. The number of benzene rings is 1. The van der Waals surface area contributed by atoms with E-state index < -0.39 is 4.92 Å². The molecule has 1 aromatic carbocycles. The third kappa shape index (κ3) is 4.02. The van der Waals surface area contributed by atoms with Crippen LogP contribution in [0.1, 0.15) is 10.4 Å². The molecule has 0 fully saturated rings. The van der Waals surface area contributed by atoms with Crippen molar-refractivity contribution in [2.45, 2.75) is 13.1 Å². The maximum atomic E-state index is 10.8. The highest BCUT2D eigenvalue weighted by Crippen LogP contribution is 2.25. The van der Waals surface area contributed by atoms with E-state index in [2.05, 4.69) is 26.9 Å². The summed E-state index contributed by atoms with van der Waals surface area (Å²) in [4.78, 5) is 13.7. The van der Waals surface area contributed by atoms with E-state index >= 15 is 0 Å². The zero-order valence-electron chi connectivity index (χ0n) is 10.7. The molecule has 0 atom stereocenters. The zero-order chi connectivity index (χ0) is 14.7. The number of non-ortho nitro benzene ring substituents is 1. The third-order valence-corrected chi connectivity index (χ3v) is 4.78. The van der Waals surface area contributed by atoms with Crippen LogP contribution in [0.25, 0.3) is 0 Å². The quantitative estimate of drug-likeness (QED) is 0.562. The molecule has 0 radical (unpaired) electrons. The molecule has 0 spiro atoms. The summed E-state index contributed by atoms with van der Waals surface area (Å²) in [5, 5.41) is 13.4. The molecule has 1 aromatic heterocycles. The summed E-state index contributed by atoms with van der Waals surface area (Å²) in [5.74, 6) is 0. The molecule has 4 nitrogen and oxygen atoms in total. The summed E-state index contributed by atoms with van der Waals surface area (Å²) in [6, 6.07) is 6.59. The van der Waals surface area contributed by atoms with Crippen LogP contribution in [0.2, 0.25) is 5.02 Å². The minimum Gasteiger partial charge on any atom is -0.297 e. The topological polar surface area (TPSA) is 46.4 Å². The summed E-state index contributed by atoms with van der Waals surface area (Å²) in [5.41, 5.74) is 0.829. The molecule has 0 N–H and O–H groups in total. The van der Waals surface area contributed by atoms with Crippen LogP contribution in [-0.2, 0) is 13.1 Å². The van der Waals surface area contributed by atoms with Crippen LogP contribution in [0.5, 0.6) is 0 Å². The lowest BCUT2D eigenvalue weighted by molar-refractivity contribution is -0.384. The van der Waals surface area contributed by atoms with Gasteiger partial charge in [-0.15, -0.1) is 11.3 Å². The lowest BCUT2D eigenvalue weighted by Gasteiger charge is -2.16. The second kappa shape index (κ2) is 6.67. The van der Waals surface area contributed by atoms with Crippen molar-refractivity contribution in [3.05, 3.63) is 59.7 Å². The molecule has 20 heavy (non-hydrogen) atoms. The van der Waals surface area contributed by atoms with Crippen LogP contribution in [0.3, 0.4) is 0 Å². The Bertz CT molecular complexity index is 633. The number of rotatable bonds is 5. The van der Waals surface area contributed by atoms with Crippen molar-refractivity contribution in [2.75, 3.05) is 7.05 Å². The molecule has 0 bridgehead atoms. The Balaban J connectivity index is 2.08. The van der Waals surface area contributed by atoms with Crippen molar-refractivity contribution in [2.24, 2.45) is 0 Å². The number of nitrogens with zero attached hydrogens (tertiary/aromatic N) is 2. The molecule has 106 valence electrons. The Morgan fingerprint density at radius 2 is 2.15 bits per heavy atom. The van der Waals surface area contributed by atoms with Gasteiger partial charge in [0.15, 0.2) is 0 Å². The van der Waals surface area contributed by atoms with Crippen molar-refractivity contribution in [3.63, 3.8) is 0 Å². The number of hydrogen-bond donors (Lipinski definition) is 0. The van der Waals surface area contributed by atoms with Gasteiger partial charge in [-0.25, -0.2) is 0 Å². The molecule has 2 rings (SSSR count). The molecule has 1 heterocycles. The summed E-state index contributed by atoms with van der Waals surface area (Å²) < 4.78 is 1.07. The first-order chi connectivity index (χ1) is 9.45. The lowest BCUT2D eigenvalue weighted by Crippen LogP contribution is -2.16. The second-order valence-corrected chi connectivity index (χ2v) is 6.76. The minimum atomic E-state index is -0.407. The number of halogens is 2. The van der Waals surface area contributed by atoms with Crippen molar-refractivity contribution >= 4 is 44.6 Å². The molecule has 7 heteroatoms. The SMILES string of the molecule is CN(Cc1cc(Br)cs1)Cc1cc([N+](=O)[O-])ccc1Cl. The van der Waals surface area contributed by atoms with Gasteiger partial charge < -0.3 is 0 Å². The van der Waals surface area contributed by atoms with Gasteiger partial charge in [0.25, 0.3) is 5.69 Å². The standard InChI is InChI=1S/C13H12BrClN2O2S/c1-16(7-12-5-10(14)8-20-12)6-9-4-11(17(18)19)2-3-13(9)15/h2-5,8H,6-7H2,1H3. The molecule has 0 aliphatic carbocycles. The first kappa shape index (κ1) is 15.4. The largest absolute Gasteiger partial charge is 0.297 e. The first-order valence-electron chi connectivity index (χ1n) is 5.80. The maximum Gasteiger partial charge on any atom is 0.269 e. The molecule has 0 saturated heterocycles. The highest BCUT2D eigenvalue weighted by Gasteiger charge is 2.12. The van der Waals surface area contributed by atoms with Gasteiger partial charge in [-0.3, -0.25) is 15.0 Å². The van der Waals surface area contributed by atoms with Crippen LogP contribution in [0.4, 0.5) is 5.69 Å². The molecule has 0 saturated carbocycles. The van der Waals surface area contributed by atoms with Crippen molar-refractivity contribution in [1.29, 1.82) is 0 Å². The van der Waals surface area contributed by atoms with Crippen LogP contribution in [0.15, 0.2) is 34.1 Å². The zero-order valence-corrected chi connectivity index (χ0v) is 13.8. The van der Waals surface area contributed by atoms with Crippen LogP contribution in [-0.4, -0.2) is 16.9 Å². The van der Waals surface area contributed by atoms with Crippen molar-refractivity contribution < 1.29 is 4.92 Å². The van der Waals surface area contributed by atoms with Crippen LogP contribution in [0, 0.1) is 10.1 Å². The Morgan fingerprint density at radius 3 is 2.75 bits per heavy atom. The fourth-order valence-corrected chi connectivity index (χ4v) is 3.55. The molecule has 0 unspecified atom stereocenters. The highest BCUT2D eigenvalue weighted by molar-refractivity contribution is 9.10. The molecule has 0 aliphatic heterocycles. The Hall–Kier alpha value is -0.950. The average molecular weight is 376 g/mol. The summed E-state index contributed by atoms with van der Waals surface area (Å²) in [6.45, 7) is 1.34. The van der Waals surface area contributed by atoms with E-state index in [9.17, 15) is 10.1 Å². The van der Waals surface area contributed by atoms with Crippen molar-refractivity contribution in [1.82, 2.24) is 4.90 Å². The third-order valence-electron chi connectivity index (χ3n) is 2.73. The van der Waals surface area contributed by atoms with Crippen LogP contribution < -0.4 is 0 Å². The van der Waals surface area contributed by atoms with E-state index in [1.807, 2.05) is 12.4 Å². The molecule has 2 aromatic rings. The van der Waals surface area contributed by atoms with E-state index in [1.54, 1.807) is 17.4 Å². The smallest absolute Gasteiger partial charge is 0.269 e. The summed E-state index contributed by atoms with van der Waals surface area (Å²) in [7, 11) is 1.96. The van der Waals surface area contributed by atoms with Gasteiger partial charge in [0, 0.05) is 45.0 Å². The fraction of sp³-hybridized carbons (Fsp3) is 0.231. The minimum absolute atomic E-state index is 0.0664. The van der Waals surface area contributed by atoms with Gasteiger partial charge in [0.1, 0.15) is 0 Å². The molecular weight excluding hydrogens is 364 g/mol. The van der Waals surface area contributed by atoms with Crippen molar-refractivity contribution in [3.8, 4) is 0 Å². The number of nitro benzene ring substituents is 1. The monoisotopic (exact) mass is 374 g/mol. The first-order valence-corrected chi connectivity index (χ1v) is 7.85. The van der Waals surface area contributed by atoms with E-state index in [-0.39, 0.29) is 5.69 Å². The van der Waals surface area contributed by atoms with Gasteiger partial charge in [-0.1, -0.05) is 11.6 Å². The highest BCUT2D eigenvalue weighted by atomic mass is 79.9. The van der Waals surface area contributed by atoms with Gasteiger partial charge in [0.05, 0.1) is 4.92 Å². The molecule has 0 amide bonds. The summed E-state index contributed by atoms with van der Waals surface area (Å²) >= 11 is 11.2. The number of hydrogen-bond acceptors (Lipinski definition) is 4. The Morgan fingerprint density at radius 1 is 1.40 bits per heavy atom. The van der Waals surface area contributed by atoms with Gasteiger partial charge in [-0.05, 0) is 40.7 Å². The predicted octanol–water partition coefficient (Wildman–Crippen LogP) is 4.70. The Labute approximate surface area is 134 Å². The second-order valence-electron chi connectivity index (χ2n) is 4.44. The van der Waals surface area contributed by atoms with E-state index in [1.165, 1.54) is 17.0 Å². The molecular formula is C13H12BrClN2O2S. The van der Waals surface area contributed by atoms with Crippen LogP contribution >= 0.6 is 38.9 Å². The fourth-order valence-electron chi connectivity index (χ4n) is 1.85. The van der Waals surface area contributed by atoms with Gasteiger partial charge in [0.2, 0.25) is 0 Å².